The maximum atomic E-state index is 12.0. The SMILES string of the molecule is [CH2]CN(C(=O)c1cccs1)c1cc[nH]n1. The summed E-state index contributed by atoms with van der Waals surface area (Å²) in [5.41, 5.74) is 0. The summed E-state index contributed by atoms with van der Waals surface area (Å²) >= 11 is 1.42. The molecule has 15 heavy (non-hydrogen) atoms. The van der Waals surface area contributed by atoms with Gasteiger partial charge in [-0.05, 0) is 18.4 Å². The van der Waals surface area contributed by atoms with Gasteiger partial charge in [-0.1, -0.05) is 6.07 Å². The molecule has 0 saturated heterocycles. The molecule has 0 aliphatic carbocycles. The zero-order valence-electron chi connectivity index (χ0n) is 8.01. The maximum Gasteiger partial charge on any atom is 0.269 e. The first kappa shape index (κ1) is 9.92. The lowest BCUT2D eigenvalue weighted by molar-refractivity contribution is 0.0992. The van der Waals surface area contributed by atoms with Gasteiger partial charge in [0.05, 0.1) is 4.88 Å². The zero-order valence-corrected chi connectivity index (χ0v) is 8.83. The van der Waals surface area contributed by atoms with Gasteiger partial charge in [-0.2, -0.15) is 5.10 Å². The lowest BCUT2D eigenvalue weighted by Gasteiger charge is -2.16. The molecule has 0 unspecified atom stereocenters. The van der Waals surface area contributed by atoms with E-state index in [1.54, 1.807) is 18.3 Å². The topological polar surface area (TPSA) is 49.0 Å². The molecule has 0 bridgehead atoms. The highest BCUT2D eigenvalue weighted by Gasteiger charge is 2.17. The number of H-pyrrole nitrogens is 1. The van der Waals surface area contributed by atoms with E-state index in [0.717, 1.165) is 0 Å². The summed E-state index contributed by atoms with van der Waals surface area (Å²) in [6.07, 6.45) is 1.68. The Balaban J connectivity index is 2.25. The van der Waals surface area contributed by atoms with E-state index >= 15 is 0 Å². The summed E-state index contributed by atoms with van der Waals surface area (Å²) in [5.74, 6) is 0.538. The Labute approximate surface area is 91.5 Å². The number of rotatable bonds is 3. The Bertz CT molecular complexity index is 421. The Kier molecular flexibility index (Phi) is 2.82. The fraction of sp³-hybridized carbons (Fsp3) is 0.100. The molecule has 2 heterocycles. The fourth-order valence-corrected chi connectivity index (χ4v) is 1.93. The van der Waals surface area contributed by atoms with Crippen LogP contribution in [0.4, 0.5) is 5.82 Å². The number of anilines is 1. The number of aromatic nitrogens is 2. The van der Waals surface area contributed by atoms with Crippen LogP contribution in [0.15, 0.2) is 29.8 Å². The minimum Gasteiger partial charge on any atom is -0.291 e. The molecule has 1 amide bonds. The number of carbonyl (C=O) groups excluding carboxylic acids is 1. The number of thiophene rings is 1. The third kappa shape index (κ3) is 1.92. The number of nitrogens with one attached hydrogen (secondary N) is 1. The normalized spacial score (nSPS) is 10.2. The summed E-state index contributed by atoms with van der Waals surface area (Å²) in [7, 11) is 0. The van der Waals surface area contributed by atoms with Crippen LogP contribution >= 0.6 is 11.3 Å². The van der Waals surface area contributed by atoms with E-state index in [9.17, 15) is 4.79 Å². The first-order chi connectivity index (χ1) is 7.33. The molecule has 0 aliphatic rings. The van der Waals surface area contributed by atoms with Gasteiger partial charge in [-0.25, -0.2) is 0 Å². The number of carbonyl (C=O) groups is 1. The number of hydrogen-bond acceptors (Lipinski definition) is 3. The van der Waals surface area contributed by atoms with E-state index in [4.69, 9.17) is 0 Å². The third-order valence-electron chi connectivity index (χ3n) is 1.96. The van der Waals surface area contributed by atoms with Crippen molar-refractivity contribution >= 4 is 23.1 Å². The Morgan fingerprint density at radius 1 is 1.60 bits per heavy atom. The molecule has 0 atom stereocenters. The smallest absolute Gasteiger partial charge is 0.269 e. The molecule has 77 valence electrons. The van der Waals surface area contributed by atoms with Gasteiger partial charge in [0.1, 0.15) is 0 Å². The second-order valence-electron chi connectivity index (χ2n) is 2.87. The van der Waals surface area contributed by atoms with Crippen LogP contribution in [0.25, 0.3) is 0 Å². The highest BCUT2D eigenvalue weighted by Crippen LogP contribution is 2.16. The van der Waals surface area contributed by atoms with Crippen LogP contribution in [-0.2, 0) is 0 Å². The van der Waals surface area contributed by atoms with Crippen LogP contribution in [0, 0.1) is 6.92 Å². The van der Waals surface area contributed by atoms with Crippen LogP contribution < -0.4 is 4.90 Å². The molecular formula is C10H10N3OS. The standard InChI is InChI=1S/C10H10N3OS/c1-2-13(9-5-6-11-12-9)10(14)8-4-3-7-15-8/h3-7H,1-2H2,(H,11,12). The lowest BCUT2D eigenvalue weighted by Crippen LogP contribution is -2.30. The van der Waals surface area contributed by atoms with Crippen molar-refractivity contribution in [1.82, 2.24) is 10.2 Å². The van der Waals surface area contributed by atoms with Gasteiger partial charge >= 0.3 is 0 Å². The van der Waals surface area contributed by atoms with Gasteiger partial charge in [0, 0.05) is 18.8 Å². The van der Waals surface area contributed by atoms with Crippen molar-refractivity contribution in [2.45, 2.75) is 0 Å². The molecule has 0 saturated carbocycles. The summed E-state index contributed by atoms with van der Waals surface area (Å²) in [6, 6.07) is 5.39. The summed E-state index contributed by atoms with van der Waals surface area (Å²) in [4.78, 5) is 14.2. The minimum absolute atomic E-state index is 0.0629. The summed E-state index contributed by atoms with van der Waals surface area (Å²) < 4.78 is 0. The third-order valence-corrected chi connectivity index (χ3v) is 2.82. The molecule has 0 aliphatic heterocycles. The van der Waals surface area contributed by atoms with E-state index in [1.165, 1.54) is 16.2 Å². The van der Waals surface area contributed by atoms with Crippen molar-refractivity contribution in [3.8, 4) is 0 Å². The number of aromatic amines is 1. The zero-order chi connectivity index (χ0) is 10.7. The van der Waals surface area contributed by atoms with Crippen LogP contribution in [0.1, 0.15) is 9.67 Å². The quantitative estimate of drug-likeness (QED) is 0.859. The van der Waals surface area contributed by atoms with Crippen LogP contribution in [0.5, 0.6) is 0 Å². The highest BCUT2D eigenvalue weighted by atomic mass is 32.1. The van der Waals surface area contributed by atoms with Crippen LogP contribution in [0.3, 0.4) is 0 Å². The minimum atomic E-state index is -0.0629. The molecule has 2 rings (SSSR count). The molecule has 2 aromatic rings. The van der Waals surface area contributed by atoms with Crippen molar-refractivity contribution in [3.05, 3.63) is 41.6 Å². The summed E-state index contributed by atoms with van der Waals surface area (Å²) in [5, 5.41) is 8.51. The first-order valence-electron chi connectivity index (χ1n) is 4.47. The lowest BCUT2D eigenvalue weighted by atomic mass is 10.4. The predicted molar refractivity (Wildman–Crippen MR) is 59.9 cm³/mol. The van der Waals surface area contributed by atoms with Gasteiger partial charge in [-0.3, -0.25) is 14.8 Å². The van der Waals surface area contributed by atoms with Crippen molar-refractivity contribution < 1.29 is 4.79 Å². The van der Waals surface area contributed by atoms with Crippen LogP contribution in [-0.4, -0.2) is 22.6 Å². The van der Waals surface area contributed by atoms with Gasteiger partial charge in [0.15, 0.2) is 5.82 Å². The largest absolute Gasteiger partial charge is 0.291 e. The van der Waals surface area contributed by atoms with Gasteiger partial charge in [0.25, 0.3) is 5.91 Å². The number of amides is 1. The Morgan fingerprint density at radius 2 is 2.47 bits per heavy atom. The van der Waals surface area contributed by atoms with Crippen molar-refractivity contribution in [1.29, 1.82) is 0 Å². The molecular weight excluding hydrogens is 210 g/mol. The fourth-order valence-electron chi connectivity index (χ4n) is 1.26. The number of hydrogen-bond donors (Lipinski definition) is 1. The second kappa shape index (κ2) is 4.27. The van der Waals surface area contributed by atoms with Gasteiger partial charge in [-0.15, -0.1) is 11.3 Å². The first-order valence-corrected chi connectivity index (χ1v) is 5.35. The second-order valence-corrected chi connectivity index (χ2v) is 3.81. The molecule has 1 N–H and O–H groups in total. The average molecular weight is 220 g/mol. The van der Waals surface area contributed by atoms with Crippen molar-refractivity contribution in [3.63, 3.8) is 0 Å². The molecule has 4 nitrogen and oxygen atoms in total. The molecule has 0 aromatic carbocycles. The highest BCUT2D eigenvalue weighted by molar-refractivity contribution is 7.12. The van der Waals surface area contributed by atoms with Crippen molar-refractivity contribution in [2.75, 3.05) is 11.4 Å². The predicted octanol–water partition coefficient (Wildman–Crippen LogP) is 1.95. The van der Waals surface area contributed by atoms with E-state index in [2.05, 4.69) is 17.1 Å². The van der Waals surface area contributed by atoms with Crippen molar-refractivity contribution in [2.24, 2.45) is 0 Å². The average Bonchev–Trinajstić information content (AvgIpc) is 2.91. The number of nitrogens with zero attached hydrogens (tertiary/aromatic N) is 2. The molecule has 2 aromatic heterocycles. The Morgan fingerprint density at radius 3 is 3.00 bits per heavy atom. The van der Waals surface area contributed by atoms with E-state index < -0.39 is 0 Å². The van der Waals surface area contributed by atoms with Gasteiger partial charge < -0.3 is 0 Å². The maximum absolute atomic E-state index is 12.0. The molecule has 0 fully saturated rings. The molecule has 0 spiro atoms. The molecule has 1 radical (unpaired) electrons. The van der Waals surface area contributed by atoms with Crippen LogP contribution in [0.2, 0.25) is 0 Å². The molecule has 5 heteroatoms. The summed E-state index contributed by atoms with van der Waals surface area (Å²) in [6.45, 7) is 4.09. The van der Waals surface area contributed by atoms with E-state index in [-0.39, 0.29) is 5.91 Å². The van der Waals surface area contributed by atoms with Gasteiger partial charge in [0.2, 0.25) is 0 Å². The Hall–Kier alpha value is -1.62. The van der Waals surface area contributed by atoms with E-state index in [1.807, 2.05) is 11.4 Å². The van der Waals surface area contributed by atoms with E-state index in [0.29, 0.717) is 17.2 Å². The monoisotopic (exact) mass is 220 g/mol.